The number of carbonyl (C=O) groups is 2. The van der Waals surface area contributed by atoms with Crippen LogP contribution in [0.25, 0.3) is 0 Å². The highest BCUT2D eigenvalue weighted by Gasteiger charge is 2.53. The van der Waals surface area contributed by atoms with Crippen molar-refractivity contribution in [3.05, 3.63) is 59.5 Å². The van der Waals surface area contributed by atoms with E-state index in [4.69, 9.17) is 24.2 Å². The molecule has 1 spiro atoms. The minimum Gasteiger partial charge on any atom is -0.475 e. The van der Waals surface area contributed by atoms with Crippen LogP contribution in [0.5, 0.6) is 0 Å². The molecular weight excluding hydrogens is 562 g/mol. The summed E-state index contributed by atoms with van der Waals surface area (Å²) < 4.78 is 68.7. The predicted octanol–water partition coefficient (Wildman–Crippen LogP) is 5.23. The molecule has 0 unspecified atom stereocenters. The van der Waals surface area contributed by atoms with Crippen LogP contribution in [0.1, 0.15) is 55.3 Å². The summed E-state index contributed by atoms with van der Waals surface area (Å²) in [5.74, 6) is -5.51. The number of unbranched alkanes of at least 4 members (excludes halogenated alkanes) is 1. The topological polar surface area (TPSA) is 114 Å². The first-order valence-electron chi connectivity index (χ1n) is 12.9. The van der Waals surface area contributed by atoms with E-state index in [0.29, 0.717) is 0 Å². The molecule has 0 amide bonds. The van der Waals surface area contributed by atoms with Crippen molar-refractivity contribution in [3.8, 4) is 0 Å². The van der Waals surface area contributed by atoms with E-state index in [1.807, 2.05) is 12.3 Å². The summed E-state index contributed by atoms with van der Waals surface area (Å²) in [4.78, 5) is 22.7. The van der Waals surface area contributed by atoms with Crippen LogP contribution in [0.2, 0.25) is 0 Å². The molecule has 1 saturated heterocycles. The number of likely N-dealkylation sites (tertiary alicyclic amines) is 1. The zero-order valence-electron chi connectivity index (χ0n) is 22.6. The van der Waals surface area contributed by atoms with Crippen molar-refractivity contribution in [2.45, 2.75) is 69.1 Å². The van der Waals surface area contributed by atoms with Gasteiger partial charge in [0, 0.05) is 17.5 Å². The number of carboxylic acids is 2. The molecule has 0 radical (unpaired) electrons. The molecule has 1 aromatic heterocycles. The number of furan rings is 1. The largest absolute Gasteiger partial charge is 0.490 e. The summed E-state index contributed by atoms with van der Waals surface area (Å²) in [7, 11) is 2.17. The van der Waals surface area contributed by atoms with Crippen LogP contribution in [0, 0.1) is 0 Å². The van der Waals surface area contributed by atoms with Gasteiger partial charge in [0.1, 0.15) is 0 Å². The lowest BCUT2D eigenvalue weighted by Gasteiger charge is -2.43. The molecule has 14 heteroatoms. The van der Waals surface area contributed by atoms with Gasteiger partial charge in [-0.1, -0.05) is 37.6 Å². The van der Waals surface area contributed by atoms with E-state index < -0.39 is 24.3 Å². The maximum absolute atomic E-state index is 11.5. The Balaban J connectivity index is 0.000000349. The average Bonchev–Trinajstić information content (AvgIpc) is 3.48. The lowest BCUT2D eigenvalue weighted by Crippen LogP contribution is -2.49. The summed E-state index contributed by atoms with van der Waals surface area (Å²) in [6.07, 6.45) is -2.52. The number of halogens is 6. The maximum Gasteiger partial charge on any atom is 0.490 e. The first kappa shape index (κ1) is 34.1. The van der Waals surface area contributed by atoms with E-state index >= 15 is 0 Å². The maximum atomic E-state index is 11.5. The number of benzene rings is 1. The van der Waals surface area contributed by atoms with Crippen LogP contribution >= 0.6 is 0 Å². The zero-order chi connectivity index (χ0) is 31.0. The SMILES string of the molecule is CCCCN(C)[C@@H]1c2ccccc2C2(CCN(Cc3ccoc3)CC2)[C@H]1O.O=C(O)C(F)(F)F.O=C(O)C(F)(F)F. The Morgan fingerprint density at radius 1 is 1.02 bits per heavy atom. The standard InChI is InChI=1S/C23H32N2O2.2C2HF3O2/c1-3-4-12-24(2)21-19-7-5-6-8-20(19)23(22(21)26)10-13-25(14-11-23)16-18-9-15-27-17-18;2*3-2(4,5)1(6)7/h5-9,15,17,21-22,26H,3-4,10-14,16H2,1-2H3;2*(H,6,7)/t21-,22+;;/m1../s1. The summed E-state index contributed by atoms with van der Waals surface area (Å²) in [6, 6.07) is 10.9. The van der Waals surface area contributed by atoms with Gasteiger partial charge in [-0.3, -0.25) is 9.80 Å². The van der Waals surface area contributed by atoms with Crippen molar-refractivity contribution < 1.29 is 55.7 Å². The van der Waals surface area contributed by atoms with Crippen LogP contribution in [-0.2, 0) is 21.5 Å². The molecule has 2 atom stereocenters. The number of aliphatic carboxylic acids is 2. The molecule has 2 heterocycles. The second kappa shape index (κ2) is 14.2. The minimum absolute atomic E-state index is 0.103. The van der Waals surface area contributed by atoms with Crippen molar-refractivity contribution in [2.24, 2.45) is 0 Å². The fraction of sp³-hybridized carbons (Fsp3) is 0.556. The number of alkyl halides is 6. The number of fused-ring (bicyclic) bond motifs is 2. The number of carboxylic acid groups (broad SMARTS) is 2. The number of aliphatic hydroxyl groups excluding tert-OH is 1. The first-order valence-corrected chi connectivity index (χ1v) is 12.9. The Labute approximate surface area is 233 Å². The third-order valence-electron chi connectivity index (χ3n) is 7.24. The van der Waals surface area contributed by atoms with Gasteiger partial charge in [0.2, 0.25) is 0 Å². The monoisotopic (exact) mass is 596 g/mol. The second-order valence-corrected chi connectivity index (χ2v) is 9.98. The van der Waals surface area contributed by atoms with Crippen molar-refractivity contribution in [3.63, 3.8) is 0 Å². The second-order valence-electron chi connectivity index (χ2n) is 9.98. The van der Waals surface area contributed by atoms with Gasteiger partial charge in [-0.05, 0) is 63.1 Å². The molecular formula is C27H34F6N2O6. The van der Waals surface area contributed by atoms with Crippen molar-refractivity contribution in [1.29, 1.82) is 0 Å². The highest BCUT2D eigenvalue weighted by molar-refractivity contribution is 5.73. The Morgan fingerprint density at radius 3 is 2.02 bits per heavy atom. The van der Waals surface area contributed by atoms with Gasteiger partial charge in [0.25, 0.3) is 0 Å². The van der Waals surface area contributed by atoms with Crippen LogP contribution < -0.4 is 0 Å². The third-order valence-corrected chi connectivity index (χ3v) is 7.24. The van der Waals surface area contributed by atoms with E-state index in [-0.39, 0.29) is 17.6 Å². The van der Waals surface area contributed by atoms with Gasteiger partial charge in [-0.2, -0.15) is 26.3 Å². The van der Waals surface area contributed by atoms with E-state index in [2.05, 4.69) is 48.0 Å². The van der Waals surface area contributed by atoms with Crippen molar-refractivity contribution >= 4 is 11.9 Å². The quantitative estimate of drug-likeness (QED) is 0.389. The first-order chi connectivity index (χ1) is 19.0. The van der Waals surface area contributed by atoms with E-state index in [0.717, 1.165) is 39.0 Å². The molecule has 2 aromatic rings. The molecule has 0 bridgehead atoms. The molecule has 230 valence electrons. The number of hydrogen-bond acceptors (Lipinski definition) is 6. The molecule has 4 rings (SSSR count). The highest BCUT2D eigenvalue weighted by atomic mass is 19.4. The van der Waals surface area contributed by atoms with Gasteiger partial charge < -0.3 is 19.7 Å². The Kier molecular flexibility index (Phi) is 11.8. The van der Waals surface area contributed by atoms with Gasteiger partial charge in [0.05, 0.1) is 24.7 Å². The Morgan fingerprint density at radius 2 is 1.56 bits per heavy atom. The fourth-order valence-electron chi connectivity index (χ4n) is 5.18. The zero-order valence-corrected chi connectivity index (χ0v) is 22.6. The number of nitrogens with zero attached hydrogens (tertiary/aromatic N) is 2. The lowest BCUT2D eigenvalue weighted by atomic mass is 9.72. The molecule has 8 nitrogen and oxygen atoms in total. The van der Waals surface area contributed by atoms with E-state index in [9.17, 15) is 31.4 Å². The summed E-state index contributed by atoms with van der Waals surface area (Å²) in [5, 5.41) is 25.8. The van der Waals surface area contributed by atoms with Gasteiger partial charge >= 0.3 is 24.3 Å². The average molecular weight is 597 g/mol. The predicted molar refractivity (Wildman–Crippen MR) is 135 cm³/mol. The van der Waals surface area contributed by atoms with Crippen molar-refractivity contribution in [1.82, 2.24) is 9.80 Å². The summed E-state index contributed by atoms with van der Waals surface area (Å²) in [6.45, 7) is 6.23. The third kappa shape index (κ3) is 8.94. The lowest BCUT2D eigenvalue weighted by molar-refractivity contribution is -0.193. The fourth-order valence-corrected chi connectivity index (χ4v) is 5.18. The minimum atomic E-state index is -5.08. The number of aliphatic hydroxyl groups is 1. The summed E-state index contributed by atoms with van der Waals surface area (Å²) >= 11 is 0. The molecule has 1 fully saturated rings. The van der Waals surface area contributed by atoms with E-state index in [1.54, 1.807) is 6.26 Å². The Hall–Kier alpha value is -3.10. The van der Waals surface area contributed by atoms with Crippen LogP contribution in [-0.4, -0.2) is 82.2 Å². The molecule has 1 aliphatic heterocycles. The smallest absolute Gasteiger partial charge is 0.475 e. The normalized spacial score (nSPS) is 20.0. The van der Waals surface area contributed by atoms with Crippen LogP contribution in [0.3, 0.4) is 0 Å². The van der Waals surface area contributed by atoms with Crippen LogP contribution in [0.15, 0.2) is 47.3 Å². The molecule has 1 aliphatic carbocycles. The molecule has 1 aromatic carbocycles. The molecule has 41 heavy (non-hydrogen) atoms. The molecule has 3 N–H and O–H groups in total. The summed E-state index contributed by atoms with van der Waals surface area (Å²) in [5.41, 5.74) is 3.85. The van der Waals surface area contributed by atoms with Gasteiger partial charge in [0.15, 0.2) is 0 Å². The van der Waals surface area contributed by atoms with Gasteiger partial charge in [-0.25, -0.2) is 9.59 Å². The molecule has 2 aliphatic rings. The number of hydrogen-bond donors (Lipinski definition) is 3. The number of likely N-dealkylation sites (N-methyl/N-ethyl adjacent to an activating group) is 1. The highest BCUT2D eigenvalue weighted by Crippen LogP contribution is 2.52. The van der Waals surface area contributed by atoms with Gasteiger partial charge in [-0.15, -0.1) is 0 Å². The number of rotatable bonds is 6. The molecule has 0 saturated carbocycles. The number of piperidine rings is 1. The van der Waals surface area contributed by atoms with Crippen molar-refractivity contribution in [2.75, 3.05) is 26.7 Å². The van der Waals surface area contributed by atoms with E-state index in [1.165, 1.54) is 29.5 Å². The Bertz CT molecular complexity index is 1090. The van der Waals surface area contributed by atoms with Crippen LogP contribution in [0.4, 0.5) is 26.3 Å².